The molecular formula is C20H20FNO5S. The molecule has 0 atom stereocenters. The normalized spacial score (nSPS) is 15.2. The van der Waals surface area contributed by atoms with Crippen molar-refractivity contribution in [1.29, 1.82) is 0 Å². The van der Waals surface area contributed by atoms with Gasteiger partial charge in [-0.1, -0.05) is 12.5 Å². The van der Waals surface area contributed by atoms with Gasteiger partial charge in [-0.3, -0.25) is 4.79 Å². The number of carbonyl (C=O) groups is 2. The van der Waals surface area contributed by atoms with Crippen LogP contribution in [-0.4, -0.2) is 44.2 Å². The van der Waals surface area contributed by atoms with Gasteiger partial charge in [-0.15, -0.1) is 0 Å². The lowest BCUT2D eigenvalue weighted by Crippen LogP contribution is -2.35. The summed E-state index contributed by atoms with van der Waals surface area (Å²) in [6.07, 6.45) is 2.62. The van der Waals surface area contributed by atoms with Gasteiger partial charge in [-0.05, 0) is 55.3 Å². The first-order valence-corrected chi connectivity index (χ1v) is 10.4. The molecule has 1 aliphatic rings. The van der Waals surface area contributed by atoms with Crippen molar-refractivity contribution in [3.63, 3.8) is 0 Å². The van der Waals surface area contributed by atoms with E-state index in [0.717, 1.165) is 31.4 Å². The topological polar surface area (TPSA) is 80.8 Å². The number of rotatable bonds is 6. The minimum atomic E-state index is -3.67. The van der Waals surface area contributed by atoms with E-state index >= 15 is 0 Å². The zero-order valence-electron chi connectivity index (χ0n) is 15.1. The quantitative estimate of drug-likeness (QED) is 0.545. The van der Waals surface area contributed by atoms with Crippen LogP contribution in [0.2, 0.25) is 0 Å². The summed E-state index contributed by atoms with van der Waals surface area (Å²) in [7, 11) is -3.67. The zero-order chi connectivity index (χ0) is 20.1. The van der Waals surface area contributed by atoms with E-state index in [1.807, 2.05) is 0 Å². The van der Waals surface area contributed by atoms with E-state index in [9.17, 15) is 22.4 Å². The number of esters is 1. The number of sulfonamides is 1. The third kappa shape index (κ3) is 4.63. The molecule has 0 aliphatic carbocycles. The number of nitrogens with zero attached hydrogens (tertiary/aromatic N) is 1. The Morgan fingerprint density at radius 1 is 0.964 bits per heavy atom. The number of benzene rings is 2. The number of ether oxygens (including phenoxy) is 1. The third-order valence-electron chi connectivity index (χ3n) is 4.52. The van der Waals surface area contributed by atoms with Crippen molar-refractivity contribution in [2.45, 2.75) is 24.2 Å². The van der Waals surface area contributed by atoms with Gasteiger partial charge in [0.25, 0.3) is 0 Å². The van der Waals surface area contributed by atoms with Gasteiger partial charge >= 0.3 is 5.97 Å². The molecule has 0 radical (unpaired) electrons. The Hall–Kier alpha value is -2.58. The highest BCUT2D eigenvalue weighted by molar-refractivity contribution is 7.89. The van der Waals surface area contributed by atoms with Crippen LogP contribution < -0.4 is 0 Å². The molecule has 3 rings (SSSR count). The Kier molecular flexibility index (Phi) is 6.21. The average Bonchev–Trinajstić information content (AvgIpc) is 2.73. The minimum Gasteiger partial charge on any atom is -0.454 e. The van der Waals surface area contributed by atoms with Crippen molar-refractivity contribution in [2.24, 2.45) is 0 Å². The van der Waals surface area contributed by atoms with E-state index in [1.54, 1.807) is 0 Å². The summed E-state index contributed by atoms with van der Waals surface area (Å²) in [5.41, 5.74) is 0.264. The second-order valence-electron chi connectivity index (χ2n) is 6.50. The molecule has 1 aliphatic heterocycles. The van der Waals surface area contributed by atoms with Crippen LogP contribution in [0.1, 0.15) is 40.0 Å². The summed E-state index contributed by atoms with van der Waals surface area (Å²) in [4.78, 5) is 24.3. The standard InChI is InChI=1S/C20H20FNO5S/c21-17-9-7-15(8-10-17)19(23)14-27-20(24)16-5-4-6-18(13-16)28(25,26)22-11-2-1-3-12-22/h4-10,13H,1-3,11-12,14H2. The van der Waals surface area contributed by atoms with Gasteiger partial charge in [-0.25, -0.2) is 17.6 Å². The number of hydrogen-bond donors (Lipinski definition) is 0. The van der Waals surface area contributed by atoms with E-state index in [4.69, 9.17) is 4.74 Å². The fourth-order valence-corrected chi connectivity index (χ4v) is 4.53. The molecule has 0 bridgehead atoms. The van der Waals surface area contributed by atoms with Gasteiger partial charge in [0.15, 0.2) is 12.4 Å². The molecule has 1 heterocycles. The Balaban J connectivity index is 1.68. The summed E-state index contributed by atoms with van der Waals surface area (Å²) in [5, 5.41) is 0. The molecule has 6 nitrogen and oxygen atoms in total. The number of ketones is 1. The number of Topliss-reactive ketones (excluding diaryl/α,β-unsaturated/α-hetero) is 1. The SMILES string of the molecule is O=C(COC(=O)c1cccc(S(=O)(=O)N2CCCCC2)c1)c1ccc(F)cc1. The molecule has 1 saturated heterocycles. The molecule has 0 unspecified atom stereocenters. The average molecular weight is 405 g/mol. The number of hydrogen-bond acceptors (Lipinski definition) is 5. The van der Waals surface area contributed by atoms with E-state index in [2.05, 4.69) is 0 Å². The van der Waals surface area contributed by atoms with E-state index in [1.165, 1.54) is 40.7 Å². The first-order chi connectivity index (χ1) is 13.4. The second kappa shape index (κ2) is 8.62. The van der Waals surface area contributed by atoms with E-state index < -0.39 is 34.2 Å². The molecule has 1 fully saturated rings. The highest BCUT2D eigenvalue weighted by Crippen LogP contribution is 2.21. The molecule has 148 valence electrons. The highest BCUT2D eigenvalue weighted by Gasteiger charge is 2.26. The minimum absolute atomic E-state index is 0.0220. The maximum absolute atomic E-state index is 12.9. The van der Waals surface area contributed by atoms with E-state index in [-0.39, 0.29) is 16.0 Å². The van der Waals surface area contributed by atoms with Crippen LogP contribution in [0.3, 0.4) is 0 Å². The first-order valence-electron chi connectivity index (χ1n) is 8.94. The fraction of sp³-hybridized carbons (Fsp3) is 0.300. The van der Waals surface area contributed by atoms with Crippen LogP contribution in [0.5, 0.6) is 0 Å². The lowest BCUT2D eigenvalue weighted by Gasteiger charge is -2.25. The van der Waals surface area contributed by atoms with Gasteiger partial charge in [0.05, 0.1) is 10.5 Å². The maximum Gasteiger partial charge on any atom is 0.338 e. The maximum atomic E-state index is 12.9. The van der Waals surface area contributed by atoms with Crippen molar-refractivity contribution >= 4 is 21.8 Å². The second-order valence-corrected chi connectivity index (χ2v) is 8.44. The molecular weight excluding hydrogens is 385 g/mol. The Morgan fingerprint density at radius 3 is 2.32 bits per heavy atom. The first kappa shape index (κ1) is 20.2. The monoisotopic (exact) mass is 405 g/mol. The van der Waals surface area contributed by atoms with Crippen molar-refractivity contribution < 1.29 is 27.1 Å². The Bertz CT molecular complexity index is 966. The van der Waals surface area contributed by atoms with Crippen LogP contribution in [0.4, 0.5) is 4.39 Å². The predicted octanol–water partition coefficient (Wildman–Crippen LogP) is 3.04. The summed E-state index contributed by atoms with van der Waals surface area (Å²) >= 11 is 0. The number of piperidine rings is 1. The van der Waals surface area contributed by atoms with Crippen LogP contribution in [0.15, 0.2) is 53.4 Å². The molecule has 2 aromatic rings. The third-order valence-corrected chi connectivity index (χ3v) is 6.42. The fourth-order valence-electron chi connectivity index (χ4n) is 2.97. The van der Waals surface area contributed by atoms with Gasteiger partial charge in [0, 0.05) is 18.7 Å². The molecule has 28 heavy (non-hydrogen) atoms. The number of carbonyl (C=O) groups excluding carboxylic acids is 2. The molecule has 0 aromatic heterocycles. The molecule has 8 heteroatoms. The lowest BCUT2D eigenvalue weighted by atomic mass is 10.1. The summed E-state index contributed by atoms with van der Waals surface area (Å²) in [5.74, 6) is -1.75. The highest BCUT2D eigenvalue weighted by atomic mass is 32.2. The van der Waals surface area contributed by atoms with Gasteiger partial charge in [0.1, 0.15) is 5.82 Å². The molecule has 0 spiro atoms. The van der Waals surface area contributed by atoms with Crippen LogP contribution in [-0.2, 0) is 14.8 Å². The van der Waals surface area contributed by atoms with Crippen molar-refractivity contribution in [2.75, 3.05) is 19.7 Å². The van der Waals surface area contributed by atoms with E-state index in [0.29, 0.717) is 13.1 Å². The van der Waals surface area contributed by atoms with Crippen molar-refractivity contribution in [3.05, 3.63) is 65.5 Å². The largest absolute Gasteiger partial charge is 0.454 e. The van der Waals surface area contributed by atoms with Crippen LogP contribution >= 0.6 is 0 Å². The zero-order valence-corrected chi connectivity index (χ0v) is 16.0. The molecule has 0 saturated carbocycles. The predicted molar refractivity (Wildman–Crippen MR) is 100 cm³/mol. The van der Waals surface area contributed by atoms with Gasteiger partial charge < -0.3 is 4.74 Å². The molecule has 0 N–H and O–H groups in total. The van der Waals surface area contributed by atoms with Crippen molar-refractivity contribution in [1.82, 2.24) is 4.31 Å². The van der Waals surface area contributed by atoms with Crippen molar-refractivity contribution in [3.8, 4) is 0 Å². The molecule has 0 amide bonds. The smallest absolute Gasteiger partial charge is 0.338 e. The summed E-state index contributed by atoms with van der Waals surface area (Å²) < 4.78 is 44.8. The Labute approximate surface area is 163 Å². The van der Waals surface area contributed by atoms with Crippen LogP contribution in [0, 0.1) is 5.82 Å². The summed E-state index contributed by atoms with van der Waals surface area (Å²) in [6.45, 7) is 0.403. The lowest BCUT2D eigenvalue weighted by molar-refractivity contribution is 0.0474. The number of halogens is 1. The van der Waals surface area contributed by atoms with Crippen LogP contribution in [0.25, 0.3) is 0 Å². The Morgan fingerprint density at radius 2 is 1.64 bits per heavy atom. The van der Waals surface area contributed by atoms with Gasteiger partial charge in [0.2, 0.25) is 10.0 Å². The van der Waals surface area contributed by atoms with Gasteiger partial charge in [-0.2, -0.15) is 4.31 Å². The summed E-state index contributed by atoms with van der Waals surface area (Å²) in [6, 6.07) is 10.5. The molecule has 2 aromatic carbocycles.